The van der Waals surface area contributed by atoms with Gasteiger partial charge in [0, 0.05) is 35.9 Å². The Balaban J connectivity index is 1.72. The Labute approximate surface area is 111 Å². The standard InChI is InChI=1S/C13H16N2O2S/c1-2-17-12-4-3-9(6-14-12)13(16)15-7-11-5-10(15)8-18-11/h3-4,6,10-11H,2,5,7-8H2,1H3. The van der Waals surface area contributed by atoms with Crippen LogP contribution in [0, 0.1) is 0 Å². The molecule has 2 bridgehead atoms. The molecule has 0 radical (unpaired) electrons. The second-order valence-corrected chi connectivity index (χ2v) is 5.95. The minimum absolute atomic E-state index is 0.110. The number of ether oxygens (including phenoxy) is 1. The molecule has 0 spiro atoms. The molecule has 3 heterocycles. The third kappa shape index (κ3) is 2.07. The van der Waals surface area contributed by atoms with E-state index in [1.807, 2.05) is 23.6 Å². The lowest BCUT2D eigenvalue weighted by Gasteiger charge is -2.26. The second kappa shape index (κ2) is 4.80. The molecular weight excluding hydrogens is 248 g/mol. The van der Waals surface area contributed by atoms with Crippen LogP contribution in [-0.2, 0) is 0 Å². The van der Waals surface area contributed by atoms with Gasteiger partial charge in [0.05, 0.1) is 12.2 Å². The first-order valence-corrected chi connectivity index (χ1v) is 7.34. The summed E-state index contributed by atoms with van der Waals surface area (Å²) in [5.74, 6) is 1.77. The van der Waals surface area contributed by atoms with Gasteiger partial charge in [-0.25, -0.2) is 4.98 Å². The Morgan fingerprint density at radius 1 is 1.61 bits per heavy atom. The van der Waals surface area contributed by atoms with Gasteiger partial charge >= 0.3 is 0 Å². The van der Waals surface area contributed by atoms with Gasteiger partial charge in [0.2, 0.25) is 5.88 Å². The van der Waals surface area contributed by atoms with Crippen molar-refractivity contribution in [3.8, 4) is 5.88 Å². The van der Waals surface area contributed by atoms with Crippen molar-refractivity contribution in [2.24, 2.45) is 0 Å². The van der Waals surface area contributed by atoms with E-state index >= 15 is 0 Å². The highest BCUT2D eigenvalue weighted by Gasteiger charge is 2.41. The molecule has 5 heteroatoms. The van der Waals surface area contributed by atoms with Gasteiger partial charge in [-0.05, 0) is 19.4 Å². The van der Waals surface area contributed by atoms with Gasteiger partial charge < -0.3 is 9.64 Å². The number of nitrogens with zero attached hydrogens (tertiary/aromatic N) is 2. The van der Waals surface area contributed by atoms with Crippen LogP contribution in [0.2, 0.25) is 0 Å². The van der Waals surface area contributed by atoms with Crippen LogP contribution < -0.4 is 4.74 Å². The van der Waals surface area contributed by atoms with E-state index in [2.05, 4.69) is 4.98 Å². The number of rotatable bonds is 3. The number of amides is 1. The number of fused-ring (bicyclic) bond motifs is 2. The Hall–Kier alpha value is -1.23. The molecule has 2 aliphatic heterocycles. The zero-order chi connectivity index (χ0) is 12.5. The summed E-state index contributed by atoms with van der Waals surface area (Å²) in [6.45, 7) is 3.40. The van der Waals surface area contributed by atoms with Crippen LogP contribution in [0.1, 0.15) is 23.7 Å². The van der Waals surface area contributed by atoms with Gasteiger partial charge in [-0.1, -0.05) is 0 Å². The van der Waals surface area contributed by atoms with Crippen LogP contribution in [0.3, 0.4) is 0 Å². The molecule has 0 saturated carbocycles. The molecule has 2 saturated heterocycles. The van der Waals surface area contributed by atoms with Crippen molar-refractivity contribution in [1.82, 2.24) is 9.88 Å². The lowest BCUT2D eigenvalue weighted by Crippen LogP contribution is -2.39. The predicted octanol–water partition coefficient (Wildman–Crippen LogP) is 1.81. The first kappa shape index (κ1) is 11.8. The van der Waals surface area contributed by atoms with Gasteiger partial charge in [-0.2, -0.15) is 11.8 Å². The van der Waals surface area contributed by atoms with Gasteiger partial charge in [-0.3, -0.25) is 4.79 Å². The van der Waals surface area contributed by atoms with Crippen molar-refractivity contribution in [2.75, 3.05) is 18.9 Å². The molecule has 2 unspecified atom stereocenters. The van der Waals surface area contributed by atoms with Crippen LogP contribution in [-0.4, -0.2) is 46.0 Å². The van der Waals surface area contributed by atoms with Crippen molar-refractivity contribution in [3.05, 3.63) is 23.9 Å². The molecule has 3 rings (SSSR count). The van der Waals surface area contributed by atoms with E-state index in [0.29, 0.717) is 29.3 Å². The fourth-order valence-electron chi connectivity index (χ4n) is 2.55. The summed E-state index contributed by atoms with van der Waals surface area (Å²) in [5.41, 5.74) is 0.663. The molecule has 4 nitrogen and oxygen atoms in total. The normalized spacial score (nSPS) is 25.5. The van der Waals surface area contributed by atoms with Crippen LogP contribution in [0.15, 0.2) is 18.3 Å². The summed E-state index contributed by atoms with van der Waals surface area (Å²) < 4.78 is 5.28. The summed E-state index contributed by atoms with van der Waals surface area (Å²) in [6.07, 6.45) is 2.77. The summed E-state index contributed by atoms with van der Waals surface area (Å²) >= 11 is 1.99. The van der Waals surface area contributed by atoms with Gasteiger partial charge in [-0.15, -0.1) is 0 Å². The average Bonchev–Trinajstić information content (AvgIpc) is 3.01. The number of thioether (sulfide) groups is 1. The molecule has 18 heavy (non-hydrogen) atoms. The molecule has 1 amide bonds. The van der Waals surface area contributed by atoms with E-state index in [1.54, 1.807) is 18.3 Å². The van der Waals surface area contributed by atoms with Gasteiger partial charge in [0.1, 0.15) is 0 Å². The highest BCUT2D eigenvalue weighted by molar-refractivity contribution is 8.00. The third-order valence-electron chi connectivity index (χ3n) is 3.44. The second-order valence-electron chi connectivity index (χ2n) is 4.62. The number of carbonyl (C=O) groups is 1. The quantitative estimate of drug-likeness (QED) is 0.835. The minimum atomic E-state index is 0.110. The van der Waals surface area contributed by atoms with Crippen molar-refractivity contribution < 1.29 is 9.53 Å². The zero-order valence-corrected chi connectivity index (χ0v) is 11.2. The van der Waals surface area contributed by atoms with E-state index in [9.17, 15) is 4.79 Å². The van der Waals surface area contributed by atoms with Crippen molar-refractivity contribution in [1.29, 1.82) is 0 Å². The molecule has 0 aliphatic carbocycles. The summed E-state index contributed by atoms with van der Waals surface area (Å²) in [4.78, 5) is 18.5. The monoisotopic (exact) mass is 264 g/mol. The third-order valence-corrected chi connectivity index (χ3v) is 4.83. The number of hydrogen-bond acceptors (Lipinski definition) is 4. The molecular formula is C13H16N2O2S. The number of carbonyl (C=O) groups excluding carboxylic acids is 1. The van der Waals surface area contributed by atoms with E-state index < -0.39 is 0 Å². The Kier molecular flexibility index (Phi) is 3.16. The largest absolute Gasteiger partial charge is 0.478 e. The van der Waals surface area contributed by atoms with Crippen molar-refractivity contribution in [3.63, 3.8) is 0 Å². The summed E-state index contributed by atoms with van der Waals surface area (Å²) in [6, 6.07) is 4.00. The molecule has 1 aromatic rings. The minimum Gasteiger partial charge on any atom is -0.478 e. The Morgan fingerprint density at radius 2 is 2.50 bits per heavy atom. The van der Waals surface area contributed by atoms with Crippen LogP contribution in [0.25, 0.3) is 0 Å². The summed E-state index contributed by atoms with van der Waals surface area (Å²) in [5, 5.41) is 0.648. The molecule has 96 valence electrons. The fraction of sp³-hybridized carbons (Fsp3) is 0.538. The lowest BCUT2D eigenvalue weighted by atomic mass is 10.2. The maximum Gasteiger partial charge on any atom is 0.255 e. The Bertz CT molecular complexity index is 449. The van der Waals surface area contributed by atoms with Crippen LogP contribution in [0.5, 0.6) is 5.88 Å². The van der Waals surface area contributed by atoms with Crippen LogP contribution in [0.4, 0.5) is 0 Å². The van der Waals surface area contributed by atoms with E-state index in [0.717, 1.165) is 18.7 Å². The van der Waals surface area contributed by atoms with Gasteiger partial charge in [0.25, 0.3) is 5.91 Å². The number of pyridine rings is 1. The SMILES string of the molecule is CCOc1ccc(C(=O)N2CC3CC2CS3)cn1. The van der Waals surface area contributed by atoms with Crippen LogP contribution >= 0.6 is 11.8 Å². The highest BCUT2D eigenvalue weighted by Crippen LogP contribution is 2.38. The molecule has 2 fully saturated rings. The van der Waals surface area contributed by atoms with E-state index in [-0.39, 0.29) is 5.91 Å². The summed E-state index contributed by atoms with van der Waals surface area (Å²) in [7, 11) is 0. The first-order chi connectivity index (χ1) is 8.78. The molecule has 1 aromatic heterocycles. The first-order valence-electron chi connectivity index (χ1n) is 6.29. The maximum absolute atomic E-state index is 12.3. The topological polar surface area (TPSA) is 42.4 Å². The number of likely N-dealkylation sites (tertiary alicyclic amines) is 1. The highest BCUT2D eigenvalue weighted by atomic mass is 32.2. The Morgan fingerprint density at radius 3 is 3.06 bits per heavy atom. The average molecular weight is 264 g/mol. The smallest absolute Gasteiger partial charge is 0.255 e. The van der Waals surface area contributed by atoms with Crippen molar-refractivity contribution in [2.45, 2.75) is 24.6 Å². The van der Waals surface area contributed by atoms with E-state index in [4.69, 9.17) is 4.74 Å². The van der Waals surface area contributed by atoms with Crippen molar-refractivity contribution >= 4 is 17.7 Å². The van der Waals surface area contributed by atoms with Gasteiger partial charge in [0.15, 0.2) is 0 Å². The molecule has 2 aliphatic rings. The number of hydrogen-bond donors (Lipinski definition) is 0. The number of aromatic nitrogens is 1. The molecule has 0 N–H and O–H groups in total. The lowest BCUT2D eigenvalue weighted by molar-refractivity contribution is 0.0747. The molecule has 0 aromatic carbocycles. The molecule has 2 atom stereocenters. The zero-order valence-electron chi connectivity index (χ0n) is 10.3. The maximum atomic E-state index is 12.3. The fourth-order valence-corrected chi connectivity index (χ4v) is 3.99. The predicted molar refractivity (Wildman–Crippen MR) is 71.1 cm³/mol. The van der Waals surface area contributed by atoms with E-state index in [1.165, 1.54) is 0 Å².